The quantitative estimate of drug-likeness (QED) is 0.731. The van der Waals surface area contributed by atoms with Crippen molar-refractivity contribution >= 4 is 11.5 Å². The van der Waals surface area contributed by atoms with Gasteiger partial charge in [-0.2, -0.15) is 13.2 Å². The van der Waals surface area contributed by atoms with E-state index in [0.29, 0.717) is 6.07 Å². The minimum absolute atomic E-state index is 0.0302. The van der Waals surface area contributed by atoms with Crippen LogP contribution in [0, 0.1) is 5.82 Å². The van der Waals surface area contributed by atoms with Gasteiger partial charge >= 0.3 is 6.18 Å². The highest BCUT2D eigenvalue weighted by Crippen LogP contribution is 2.51. The standard InChI is InChI=1S/C13H8F4N2O/c14-7-3-4-10-9(6-7)12(20,13(15,16)17)8-2-1-5-18-11(8)19-10/h1-6,20H,(H,18,19). The number of fused-ring (bicyclic) bond motifs is 2. The maximum absolute atomic E-state index is 13.4. The van der Waals surface area contributed by atoms with Gasteiger partial charge in [-0.15, -0.1) is 0 Å². The Morgan fingerprint density at radius 2 is 1.90 bits per heavy atom. The number of aromatic nitrogens is 1. The highest BCUT2D eigenvalue weighted by molar-refractivity contribution is 5.72. The average molecular weight is 284 g/mol. The molecule has 3 rings (SSSR count). The number of hydrogen-bond donors (Lipinski definition) is 2. The number of benzene rings is 1. The third kappa shape index (κ3) is 1.59. The van der Waals surface area contributed by atoms with Crippen LogP contribution in [0.3, 0.4) is 0 Å². The van der Waals surface area contributed by atoms with E-state index in [9.17, 15) is 22.7 Å². The maximum atomic E-state index is 13.4. The summed E-state index contributed by atoms with van der Waals surface area (Å²) < 4.78 is 53.4. The van der Waals surface area contributed by atoms with E-state index < -0.39 is 28.7 Å². The zero-order chi connectivity index (χ0) is 14.5. The van der Waals surface area contributed by atoms with Crippen LogP contribution in [-0.2, 0) is 5.60 Å². The molecule has 0 amide bonds. The van der Waals surface area contributed by atoms with Crippen molar-refractivity contribution in [2.75, 3.05) is 5.32 Å². The van der Waals surface area contributed by atoms with E-state index in [2.05, 4.69) is 10.3 Å². The third-order valence-electron chi connectivity index (χ3n) is 3.23. The Hall–Kier alpha value is -2.15. The van der Waals surface area contributed by atoms with Crippen LogP contribution in [0.15, 0.2) is 36.5 Å². The van der Waals surface area contributed by atoms with Gasteiger partial charge in [0, 0.05) is 23.0 Å². The molecule has 1 atom stereocenters. The molecule has 3 nitrogen and oxygen atoms in total. The lowest BCUT2D eigenvalue weighted by Crippen LogP contribution is -2.46. The molecule has 1 unspecified atom stereocenters. The molecule has 0 saturated heterocycles. The summed E-state index contributed by atoms with van der Waals surface area (Å²) in [4.78, 5) is 3.78. The maximum Gasteiger partial charge on any atom is 0.425 e. The lowest BCUT2D eigenvalue weighted by molar-refractivity contribution is -0.248. The molecule has 0 aliphatic carbocycles. The molecule has 7 heteroatoms. The number of halogens is 4. The van der Waals surface area contributed by atoms with Crippen molar-refractivity contribution in [2.45, 2.75) is 11.8 Å². The Bertz CT molecular complexity index is 686. The summed E-state index contributed by atoms with van der Waals surface area (Å²) in [5, 5.41) is 12.9. The fourth-order valence-electron chi connectivity index (χ4n) is 2.30. The monoisotopic (exact) mass is 284 g/mol. The van der Waals surface area contributed by atoms with Gasteiger partial charge in [0.15, 0.2) is 0 Å². The Morgan fingerprint density at radius 3 is 2.60 bits per heavy atom. The summed E-state index contributed by atoms with van der Waals surface area (Å²) in [6, 6.07) is 5.21. The molecule has 0 fully saturated rings. The van der Waals surface area contributed by atoms with Crippen LogP contribution in [0.4, 0.5) is 29.1 Å². The van der Waals surface area contributed by atoms with E-state index in [4.69, 9.17) is 0 Å². The molecule has 1 aromatic heterocycles. The Kier molecular flexibility index (Phi) is 2.52. The van der Waals surface area contributed by atoms with Crippen molar-refractivity contribution in [3.63, 3.8) is 0 Å². The lowest BCUT2D eigenvalue weighted by Gasteiger charge is -2.37. The number of pyridine rings is 1. The molecule has 1 aromatic carbocycles. The predicted octanol–water partition coefficient (Wildman–Crippen LogP) is 3.08. The van der Waals surface area contributed by atoms with Gasteiger partial charge in [-0.25, -0.2) is 9.37 Å². The fourth-order valence-corrected chi connectivity index (χ4v) is 2.30. The van der Waals surface area contributed by atoms with E-state index >= 15 is 0 Å². The minimum Gasteiger partial charge on any atom is -0.372 e. The van der Waals surface area contributed by atoms with Crippen molar-refractivity contribution in [1.82, 2.24) is 4.98 Å². The van der Waals surface area contributed by atoms with E-state index in [0.717, 1.165) is 18.2 Å². The topological polar surface area (TPSA) is 45.1 Å². The first-order valence-corrected chi connectivity index (χ1v) is 5.65. The van der Waals surface area contributed by atoms with Crippen LogP contribution >= 0.6 is 0 Å². The SMILES string of the molecule is OC1(C(F)(F)F)c2cc(F)ccc2Nc2ncccc21. The average Bonchev–Trinajstić information content (AvgIpc) is 2.39. The van der Waals surface area contributed by atoms with Gasteiger partial charge in [0.25, 0.3) is 0 Å². The summed E-state index contributed by atoms with van der Waals surface area (Å²) in [7, 11) is 0. The van der Waals surface area contributed by atoms with Gasteiger partial charge in [-0.05, 0) is 24.3 Å². The molecule has 1 aliphatic rings. The molecule has 2 aromatic rings. The van der Waals surface area contributed by atoms with Gasteiger partial charge in [-0.1, -0.05) is 6.07 Å². The second kappa shape index (κ2) is 3.92. The van der Waals surface area contributed by atoms with Crippen molar-refractivity contribution in [1.29, 1.82) is 0 Å². The highest BCUT2D eigenvalue weighted by Gasteiger charge is 2.60. The normalized spacial score (nSPS) is 20.9. The van der Waals surface area contributed by atoms with Crippen LogP contribution in [0.2, 0.25) is 0 Å². The van der Waals surface area contributed by atoms with E-state index in [1.54, 1.807) is 0 Å². The van der Waals surface area contributed by atoms with Crippen molar-refractivity contribution in [3.05, 3.63) is 53.5 Å². The van der Waals surface area contributed by atoms with Crippen LogP contribution in [0.25, 0.3) is 0 Å². The van der Waals surface area contributed by atoms with Crippen LogP contribution in [0.5, 0.6) is 0 Å². The molecular formula is C13H8F4N2O. The largest absolute Gasteiger partial charge is 0.425 e. The smallest absolute Gasteiger partial charge is 0.372 e. The molecule has 2 heterocycles. The van der Waals surface area contributed by atoms with E-state index in [-0.39, 0.29) is 11.5 Å². The fraction of sp³-hybridized carbons (Fsp3) is 0.154. The Labute approximate surface area is 110 Å². The summed E-state index contributed by atoms with van der Waals surface area (Å²) in [5.41, 5.74) is -4.35. The molecule has 104 valence electrons. The predicted molar refractivity (Wildman–Crippen MR) is 63.0 cm³/mol. The number of nitrogens with one attached hydrogen (secondary N) is 1. The number of anilines is 2. The number of nitrogens with zero attached hydrogens (tertiary/aromatic N) is 1. The summed E-state index contributed by atoms with van der Waals surface area (Å²) in [5.74, 6) is -0.966. The molecule has 1 aliphatic heterocycles. The van der Waals surface area contributed by atoms with Crippen molar-refractivity contribution in [2.24, 2.45) is 0 Å². The Balaban J connectivity index is 2.36. The first kappa shape index (κ1) is 12.9. The number of alkyl halides is 3. The van der Waals surface area contributed by atoms with Gasteiger partial charge < -0.3 is 10.4 Å². The second-order valence-corrected chi connectivity index (χ2v) is 4.42. The second-order valence-electron chi connectivity index (χ2n) is 4.42. The molecular weight excluding hydrogens is 276 g/mol. The zero-order valence-corrected chi connectivity index (χ0v) is 9.87. The molecule has 0 spiro atoms. The number of hydrogen-bond acceptors (Lipinski definition) is 3. The molecule has 0 bridgehead atoms. The van der Waals surface area contributed by atoms with Gasteiger partial charge in [-0.3, -0.25) is 0 Å². The van der Waals surface area contributed by atoms with Crippen LogP contribution in [0.1, 0.15) is 11.1 Å². The van der Waals surface area contributed by atoms with Crippen LogP contribution in [-0.4, -0.2) is 16.3 Å². The lowest BCUT2D eigenvalue weighted by atomic mass is 9.82. The van der Waals surface area contributed by atoms with Crippen molar-refractivity contribution in [3.8, 4) is 0 Å². The first-order valence-electron chi connectivity index (χ1n) is 5.65. The molecule has 0 saturated carbocycles. The van der Waals surface area contributed by atoms with E-state index in [1.807, 2.05) is 0 Å². The first-order chi connectivity index (χ1) is 9.34. The zero-order valence-electron chi connectivity index (χ0n) is 9.87. The van der Waals surface area contributed by atoms with Gasteiger partial charge in [0.2, 0.25) is 5.60 Å². The van der Waals surface area contributed by atoms with Gasteiger partial charge in [0.1, 0.15) is 11.6 Å². The molecule has 0 radical (unpaired) electrons. The summed E-state index contributed by atoms with van der Waals surface area (Å²) in [6.07, 6.45) is -3.70. The van der Waals surface area contributed by atoms with E-state index in [1.165, 1.54) is 12.3 Å². The van der Waals surface area contributed by atoms with Crippen molar-refractivity contribution < 1.29 is 22.7 Å². The number of aliphatic hydroxyl groups is 1. The van der Waals surface area contributed by atoms with Gasteiger partial charge in [0.05, 0.1) is 0 Å². The third-order valence-corrected chi connectivity index (χ3v) is 3.23. The minimum atomic E-state index is -5.00. The van der Waals surface area contributed by atoms with Crippen LogP contribution < -0.4 is 5.32 Å². The Morgan fingerprint density at radius 1 is 1.15 bits per heavy atom. The highest BCUT2D eigenvalue weighted by atomic mass is 19.4. The summed E-state index contributed by atoms with van der Waals surface area (Å²) >= 11 is 0. The molecule has 2 N–H and O–H groups in total. The number of rotatable bonds is 0. The molecule has 20 heavy (non-hydrogen) atoms. The summed E-state index contributed by atoms with van der Waals surface area (Å²) in [6.45, 7) is 0.